The minimum absolute atomic E-state index is 0.0401. The van der Waals surface area contributed by atoms with E-state index in [0.29, 0.717) is 17.5 Å². The molecule has 1 aromatic rings. The largest absolute Gasteiger partial charge is 0.351 e. The first kappa shape index (κ1) is 13.6. The van der Waals surface area contributed by atoms with Crippen molar-refractivity contribution in [3.8, 4) is 11.8 Å². The second kappa shape index (κ2) is 5.90. The molecule has 3 N–H and O–H groups in total. The van der Waals surface area contributed by atoms with Crippen LogP contribution in [0.2, 0.25) is 0 Å². The van der Waals surface area contributed by atoms with Gasteiger partial charge in [-0.25, -0.2) is 0 Å². The highest BCUT2D eigenvalue weighted by atomic mass is 16.1. The molecule has 2 rings (SSSR count). The molecule has 1 amide bonds. The Hall–Kier alpha value is -1.79. The van der Waals surface area contributed by atoms with Crippen LogP contribution < -0.4 is 11.1 Å². The summed E-state index contributed by atoms with van der Waals surface area (Å²) < 4.78 is 0. The van der Waals surface area contributed by atoms with E-state index in [0.717, 1.165) is 18.5 Å². The number of amides is 1. The molecule has 19 heavy (non-hydrogen) atoms. The maximum Gasteiger partial charge on any atom is 0.252 e. The van der Waals surface area contributed by atoms with Gasteiger partial charge < -0.3 is 11.1 Å². The molecule has 3 nitrogen and oxygen atoms in total. The summed E-state index contributed by atoms with van der Waals surface area (Å²) in [5.41, 5.74) is 7.10. The Morgan fingerprint density at radius 3 is 2.79 bits per heavy atom. The van der Waals surface area contributed by atoms with E-state index in [4.69, 9.17) is 5.73 Å². The lowest BCUT2D eigenvalue weighted by atomic mass is 10.0. The SMILES string of the molecule is CCC1(CNC(=O)c2ccccc2C#CCN)CC1. The molecule has 0 bridgehead atoms. The third kappa shape index (κ3) is 3.36. The smallest absolute Gasteiger partial charge is 0.252 e. The third-order valence-corrected chi connectivity index (χ3v) is 3.83. The van der Waals surface area contributed by atoms with E-state index < -0.39 is 0 Å². The van der Waals surface area contributed by atoms with Crippen LogP contribution in [0.3, 0.4) is 0 Å². The lowest BCUT2D eigenvalue weighted by Crippen LogP contribution is -2.30. The molecule has 0 saturated heterocycles. The summed E-state index contributed by atoms with van der Waals surface area (Å²) in [5.74, 6) is 5.70. The molecule has 1 aromatic carbocycles. The Morgan fingerprint density at radius 1 is 1.42 bits per heavy atom. The van der Waals surface area contributed by atoms with Crippen molar-refractivity contribution in [3.63, 3.8) is 0 Å². The molecular weight excluding hydrogens is 236 g/mol. The van der Waals surface area contributed by atoms with Gasteiger partial charge in [0.25, 0.3) is 5.91 Å². The van der Waals surface area contributed by atoms with E-state index in [2.05, 4.69) is 24.1 Å². The average Bonchev–Trinajstić information content (AvgIpc) is 3.23. The number of carbonyl (C=O) groups is 1. The molecule has 1 fully saturated rings. The fourth-order valence-corrected chi connectivity index (χ4v) is 2.13. The first-order chi connectivity index (χ1) is 9.21. The molecule has 0 aliphatic heterocycles. The number of nitrogens with two attached hydrogens (primary N) is 1. The number of carbonyl (C=O) groups excluding carboxylic acids is 1. The molecule has 1 aliphatic rings. The van der Waals surface area contributed by atoms with Crippen LogP contribution in [-0.2, 0) is 0 Å². The van der Waals surface area contributed by atoms with Crippen LogP contribution in [0.4, 0.5) is 0 Å². The third-order valence-electron chi connectivity index (χ3n) is 3.83. The van der Waals surface area contributed by atoms with Crippen molar-refractivity contribution in [2.24, 2.45) is 11.1 Å². The number of hydrogen-bond donors (Lipinski definition) is 2. The Balaban J connectivity index is 2.06. The lowest BCUT2D eigenvalue weighted by molar-refractivity contribution is 0.0944. The van der Waals surface area contributed by atoms with Crippen LogP contribution in [0.1, 0.15) is 42.1 Å². The first-order valence-corrected chi connectivity index (χ1v) is 6.77. The summed E-state index contributed by atoms with van der Waals surface area (Å²) in [6.07, 6.45) is 3.57. The van der Waals surface area contributed by atoms with Gasteiger partial charge in [-0.2, -0.15) is 0 Å². The monoisotopic (exact) mass is 256 g/mol. The van der Waals surface area contributed by atoms with E-state index in [-0.39, 0.29) is 5.91 Å². The van der Waals surface area contributed by atoms with Crippen molar-refractivity contribution >= 4 is 5.91 Å². The van der Waals surface area contributed by atoms with E-state index in [9.17, 15) is 4.79 Å². The van der Waals surface area contributed by atoms with Crippen LogP contribution in [0, 0.1) is 17.3 Å². The second-order valence-corrected chi connectivity index (χ2v) is 5.09. The highest BCUT2D eigenvalue weighted by Crippen LogP contribution is 2.47. The predicted octanol–water partition coefficient (Wildman–Crippen LogP) is 1.92. The van der Waals surface area contributed by atoms with E-state index in [1.54, 1.807) is 6.07 Å². The van der Waals surface area contributed by atoms with Gasteiger partial charge in [0, 0.05) is 12.1 Å². The van der Waals surface area contributed by atoms with Crippen molar-refractivity contribution in [2.45, 2.75) is 26.2 Å². The fraction of sp³-hybridized carbons (Fsp3) is 0.438. The Morgan fingerprint density at radius 2 is 2.16 bits per heavy atom. The Kier molecular flexibility index (Phi) is 4.24. The Labute approximate surface area is 114 Å². The van der Waals surface area contributed by atoms with Crippen molar-refractivity contribution in [1.82, 2.24) is 5.32 Å². The lowest BCUT2D eigenvalue weighted by Gasteiger charge is -2.13. The van der Waals surface area contributed by atoms with Gasteiger partial charge in [0.15, 0.2) is 0 Å². The molecule has 1 aliphatic carbocycles. The molecular formula is C16H20N2O. The highest BCUT2D eigenvalue weighted by Gasteiger charge is 2.40. The highest BCUT2D eigenvalue weighted by molar-refractivity contribution is 5.96. The Bertz CT molecular complexity index is 521. The van der Waals surface area contributed by atoms with Gasteiger partial charge >= 0.3 is 0 Å². The van der Waals surface area contributed by atoms with Crippen molar-refractivity contribution in [1.29, 1.82) is 0 Å². The number of nitrogens with one attached hydrogen (secondary N) is 1. The summed E-state index contributed by atoms with van der Waals surface area (Å²) in [7, 11) is 0. The van der Waals surface area contributed by atoms with Gasteiger partial charge in [-0.3, -0.25) is 4.79 Å². The maximum absolute atomic E-state index is 12.2. The minimum Gasteiger partial charge on any atom is -0.351 e. The molecule has 0 aromatic heterocycles. The molecule has 0 atom stereocenters. The van der Waals surface area contributed by atoms with Crippen LogP contribution in [-0.4, -0.2) is 19.0 Å². The normalized spacial score (nSPS) is 15.3. The zero-order valence-electron chi connectivity index (χ0n) is 11.3. The van der Waals surface area contributed by atoms with Crippen LogP contribution in [0.25, 0.3) is 0 Å². The quantitative estimate of drug-likeness (QED) is 0.809. The summed E-state index contributed by atoms with van der Waals surface area (Å²) in [6, 6.07) is 7.40. The van der Waals surface area contributed by atoms with Crippen LogP contribution in [0.5, 0.6) is 0 Å². The molecule has 0 radical (unpaired) electrons. The van der Waals surface area contributed by atoms with Crippen LogP contribution in [0.15, 0.2) is 24.3 Å². The van der Waals surface area contributed by atoms with Gasteiger partial charge in [-0.15, -0.1) is 0 Å². The maximum atomic E-state index is 12.2. The number of hydrogen-bond acceptors (Lipinski definition) is 2. The zero-order valence-corrected chi connectivity index (χ0v) is 11.3. The summed E-state index contributed by atoms with van der Waals surface area (Å²) in [5, 5.41) is 3.03. The number of rotatable bonds is 4. The van der Waals surface area contributed by atoms with E-state index >= 15 is 0 Å². The van der Waals surface area contributed by atoms with Crippen molar-refractivity contribution in [3.05, 3.63) is 35.4 Å². The fourth-order valence-electron chi connectivity index (χ4n) is 2.13. The average molecular weight is 256 g/mol. The molecule has 3 heteroatoms. The first-order valence-electron chi connectivity index (χ1n) is 6.77. The summed E-state index contributed by atoms with van der Waals surface area (Å²) in [4.78, 5) is 12.2. The van der Waals surface area contributed by atoms with E-state index in [1.807, 2.05) is 18.2 Å². The zero-order chi connectivity index (χ0) is 13.7. The van der Waals surface area contributed by atoms with Crippen molar-refractivity contribution in [2.75, 3.05) is 13.1 Å². The minimum atomic E-state index is -0.0401. The summed E-state index contributed by atoms with van der Waals surface area (Å²) in [6.45, 7) is 3.25. The van der Waals surface area contributed by atoms with Gasteiger partial charge in [0.05, 0.1) is 12.1 Å². The standard InChI is InChI=1S/C16H20N2O/c1-2-16(9-10-16)12-18-15(19)14-8-4-3-6-13(14)7-5-11-17/h3-4,6,8H,2,9-12,17H2,1H3,(H,18,19). The topological polar surface area (TPSA) is 55.1 Å². The predicted molar refractivity (Wildman–Crippen MR) is 76.7 cm³/mol. The van der Waals surface area contributed by atoms with Gasteiger partial charge in [-0.1, -0.05) is 30.9 Å². The number of benzene rings is 1. The van der Waals surface area contributed by atoms with Crippen molar-refractivity contribution < 1.29 is 4.79 Å². The molecule has 100 valence electrons. The van der Waals surface area contributed by atoms with E-state index in [1.165, 1.54) is 12.8 Å². The van der Waals surface area contributed by atoms with Gasteiger partial charge in [-0.05, 0) is 36.8 Å². The second-order valence-electron chi connectivity index (χ2n) is 5.09. The molecule has 0 unspecified atom stereocenters. The molecule has 0 spiro atoms. The van der Waals surface area contributed by atoms with Gasteiger partial charge in [0.2, 0.25) is 0 Å². The molecule has 0 heterocycles. The molecule has 1 saturated carbocycles. The van der Waals surface area contributed by atoms with Gasteiger partial charge in [0.1, 0.15) is 0 Å². The summed E-state index contributed by atoms with van der Waals surface area (Å²) >= 11 is 0. The van der Waals surface area contributed by atoms with Crippen LogP contribution >= 0.6 is 0 Å².